The second-order valence-electron chi connectivity index (χ2n) is 10.2. The molecule has 0 radical (unpaired) electrons. The summed E-state index contributed by atoms with van der Waals surface area (Å²) >= 11 is 5.81. The van der Waals surface area contributed by atoms with Crippen molar-refractivity contribution in [1.29, 1.82) is 0 Å². The number of hydrogen-bond donors (Lipinski definition) is 1. The first-order valence-electron chi connectivity index (χ1n) is 13.1. The molecule has 2 aromatic heterocycles. The molecule has 4 heterocycles. The predicted molar refractivity (Wildman–Crippen MR) is 164 cm³/mol. The molecule has 2 atom stereocenters. The van der Waals surface area contributed by atoms with Crippen LogP contribution in [0.1, 0.15) is 46.2 Å². The van der Waals surface area contributed by atoms with Crippen molar-refractivity contribution in [2.24, 2.45) is 0 Å². The van der Waals surface area contributed by atoms with Gasteiger partial charge in [0.2, 0.25) is 0 Å². The van der Waals surface area contributed by atoms with Crippen molar-refractivity contribution in [2.45, 2.75) is 44.6 Å². The van der Waals surface area contributed by atoms with Gasteiger partial charge in [0.25, 0.3) is 0 Å². The molecule has 4 aromatic rings. The first-order valence-corrected chi connectivity index (χ1v) is 13.5. The van der Waals surface area contributed by atoms with Crippen LogP contribution in [0.2, 0.25) is 5.02 Å². The van der Waals surface area contributed by atoms with Crippen molar-refractivity contribution in [3.05, 3.63) is 88.0 Å². The molecule has 1 N–H and O–H groups in total. The quantitative estimate of drug-likeness (QED) is 0.254. The van der Waals surface area contributed by atoms with Crippen LogP contribution >= 0.6 is 38.6 Å². The van der Waals surface area contributed by atoms with Gasteiger partial charge in [-0.05, 0) is 73.3 Å². The minimum absolute atomic E-state index is 0. The highest BCUT2D eigenvalue weighted by Gasteiger charge is 2.28. The van der Waals surface area contributed by atoms with Gasteiger partial charge in [-0.1, -0.05) is 11.6 Å². The highest BCUT2D eigenvalue weighted by Crippen LogP contribution is 2.31. The van der Waals surface area contributed by atoms with Gasteiger partial charge >= 0.3 is 5.97 Å². The zero-order valence-electron chi connectivity index (χ0n) is 22.5. The van der Waals surface area contributed by atoms with E-state index in [1.807, 2.05) is 16.7 Å². The first kappa shape index (κ1) is 32.0. The highest BCUT2D eigenvalue weighted by molar-refractivity contribution is 7.59. The van der Waals surface area contributed by atoms with Crippen molar-refractivity contribution in [3.63, 3.8) is 0 Å². The van der Waals surface area contributed by atoms with Gasteiger partial charge in [-0.15, -0.1) is 0 Å². The second-order valence-corrected chi connectivity index (χ2v) is 10.7. The largest absolute Gasteiger partial charge is 0.484 e. The highest BCUT2D eigenvalue weighted by atomic mass is 35.5. The standard InChI is InChI=1S/C29H27ClF2N4O4.2H2S/c30-20-1-2-26(23(31)12-20)40-16-21-9-17(3-6-33-21)18-4-7-35(13-18)15-27-34-28-24(32)10-19(29(37)38)11-25(28)36(27)14-22-5-8-39-22;;/h1-3,6,9-12,18,22H,4-5,7-8,13-16H2,(H,37,38);2*1H2/t18-,22+;;/m1../s1. The lowest BCUT2D eigenvalue weighted by atomic mass is 9.99. The Balaban J connectivity index is 0.00000202. The average Bonchev–Trinajstić information content (AvgIpc) is 3.51. The van der Waals surface area contributed by atoms with E-state index in [1.54, 1.807) is 12.3 Å². The summed E-state index contributed by atoms with van der Waals surface area (Å²) < 4.78 is 42.1. The number of carbonyl (C=O) groups is 1. The average molecular weight is 637 g/mol. The van der Waals surface area contributed by atoms with Gasteiger partial charge in [-0.2, -0.15) is 27.0 Å². The molecule has 13 heteroatoms. The molecule has 42 heavy (non-hydrogen) atoms. The summed E-state index contributed by atoms with van der Waals surface area (Å²) in [5.74, 6) is -1.31. The lowest BCUT2D eigenvalue weighted by Gasteiger charge is -2.28. The molecule has 0 amide bonds. The van der Waals surface area contributed by atoms with Gasteiger partial charge in [0.05, 0.1) is 36.0 Å². The van der Waals surface area contributed by atoms with Gasteiger partial charge in [-0.3, -0.25) is 9.88 Å². The predicted octanol–water partition coefficient (Wildman–Crippen LogP) is 5.64. The number of rotatable bonds is 9. The number of carboxylic acids is 1. The molecule has 2 aromatic carbocycles. The van der Waals surface area contributed by atoms with E-state index < -0.39 is 17.6 Å². The summed E-state index contributed by atoms with van der Waals surface area (Å²) in [4.78, 5) is 22.8. The Labute approximate surface area is 260 Å². The number of nitrogens with zero attached hydrogens (tertiary/aromatic N) is 4. The van der Waals surface area contributed by atoms with E-state index in [2.05, 4.69) is 14.9 Å². The number of halogens is 3. The molecule has 8 nitrogen and oxygen atoms in total. The summed E-state index contributed by atoms with van der Waals surface area (Å²) in [7, 11) is 0. The number of fused-ring (bicyclic) bond motifs is 1. The minimum atomic E-state index is -1.18. The van der Waals surface area contributed by atoms with Crippen LogP contribution in [0.4, 0.5) is 8.78 Å². The van der Waals surface area contributed by atoms with Crippen LogP contribution in [0.3, 0.4) is 0 Å². The number of hydrogen-bond acceptors (Lipinski definition) is 6. The number of likely N-dealkylation sites (tertiary alicyclic amines) is 1. The van der Waals surface area contributed by atoms with E-state index in [0.29, 0.717) is 41.8 Å². The maximum Gasteiger partial charge on any atom is 0.335 e. The summed E-state index contributed by atoms with van der Waals surface area (Å²) in [5.41, 5.74) is 2.34. The maximum atomic E-state index is 14.9. The molecule has 0 spiro atoms. The molecule has 2 fully saturated rings. The molecule has 0 saturated carbocycles. The van der Waals surface area contributed by atoms with Gasteiger partial charge < -0.3 is 19.1 Å². The van der Waals surface area contributed by atoms with Crippen molar-refractivity contribution in [2.75, 3.05) is 19.7 Å². The van der Waals surface area contributed by atoms with Crippen LogP contribution in [0.25, 0.3) is 11.0 Å². The minimum Gasteiger partial charge on any atom is -0.484 e. The molecular weight excluding hydrogens is 606 g/mol. The van der Waals surface area contributed by atoms with Crippen molar-refractivity contribution in [3.8, 4) is 5.75 Å². The van der Waals surface area contributed by atoms with Crippen molar-refractivity contribution in [1.82, 2.24) is 19.4 Å². The Bertz CT molecular complexity index is 1590. The van der Waals surface area contributed by atoms with Crippen LogP contribution in [0.5, 0.6) is 5.75 Å². The van der Waals surface area contributed by atoms with Crippen molar-refractivity contribution < 1.29 is 28.2 Å². The van der Waals surface area contributed by atoms with Gasteiger partial charge in [0, 0.05) is 24.4 Å². The molecular formula is C29H31ClF2N4O4S2. The van der Waals surface area contributed by atoms with E-state index in [0.717, 1.165) is 37.6 Å². The number of carboxylic acid groups (broad SMARTS) is 1. The number of pyridine rings is 1. The lowest BCUT2D eigenvalue weighted by molar-refractivity contribution is -0.0591. The third-order valence-electron chi connectivity index (χ3n) is 7.53. The monoisotopic (exact) mass is 636 g/mol. The number of aromatic carboxylic acids is 1. The molecule has 0 aliphatic carbocycles. The Morgan fingerprint density at radius 3 is 2.64 bits per heavy atom. The number of benzene rings is 2. The first-order chi connectivity index (χ1) is 19.3. The van der Waals surface area contributed by atoms with Gasteiger partial charge in [0.15, 0.2) is 17.4 Å². The number of aromatic nitrogens is 3. The summed E-state index contributed by atoms with van der Waals surface area (Å²) in [6, 6.07) is 10.7. The van der Waals surface area contributed by atoms with Crippen LogP contribution in [-0.4, -0.2) is 56.3 Å². The van der Waals surface area contributed by atoms with E-state index in [1.165, 1.54) is 18.2 Å². The Morgan fingerprint density at radius 2 is 1.93 bits per heavy atom. The van der Waals surface area contributed by atoms with E-state index in [4.69, 9.17) is 21.1 Å². The topological polar surface area (TPSA) is 89.7 Å². The third kappa shape index (κ3) is 6.84. The fourth-order valence-corrected chi connectivity index (χ4v) is 5.49. The number of imidazole rings is 1. The van der Waals surface area contributed by atoms with E-state index in [-0.39, 0.29) is 62.4 Å². The molecule has 2 saturated heterocycles. The third-order valence-corrected chi connectivity index (χ3v) is 7.77. The summed E-state index contributed by atoms with van der Waals surface area (Å²) in [6.07, 6.45) is 3.54. The fourth-order valence-electron chi connectivity index (χ4n) is 5.33. The second kappa shape index (κ2) is 13.6. The number of ether oxygens (including phenoxy) is 2. The van der Waals surface area contributed by atoms with E-state index >= 15 is 0 Å². The van der Waals surface area contributed by atoms with Crippen LogP contribution in [0.15, 0.2) is 48.7 Å². The lowest BCUT2D eigenvalue weighted by Crippen LogP contribution is -2.32. The molecule has 2 aliphatic rings. The molecule has 6 rings (SSSR count). The zero-order valence-corrected chi connectivity index (χ0v) is 25.3. The van der Waals surface area contributed by atoms with Crippen LogP contribution in [-0.2, 0) is 24.4 Å². The summed E-state index contributed by atoms with van der Waals surface area (Å²) in [6.45, 7) is 3.38. The summed E-state index contributed by atoms with van der Waals surface area (Å²) in [5, 5.41) is 9.75. The van der Waals surface area contributed by atoms with Gasteiger partial charge in [-0.25, -0.2) is 18.6 Å². The van der Waals surface area contributed by atoms with E-state index in [9.17, 15) is 18.7 Å². The Hall–Kier alpha value is -2.90. The SMILES string of the molecule is O=C(O)c1cc(F)c2nc(CN3CC[C@@H](c4ccnc(COc5ccc(Cl)cc5F)c4)C3)n(C[C@@H]3CCO3)c2c1.S.S. The van der Waals surface area contributed by atoms with Gasteiger partial charge in [0.1, 0.15) is 17.9 Å². The van der Waals surface area contributed by atoms with Crippen molar-refractivity contribution >= 4 is 55.6 Å². The molecule has 224 valence electrons. The molecule has 0 bridgehead atoms. The fraction of sp³-hybridized carbons (Fsp3) is 0.345. The normalized spacial score (nSPS) is 18.3. The maximum absolute atomic E-state index is 14.9. The Kier molecular flexibility index (Phi) is 10.4. The molecule has 2 aliphatic heterocycles. The van der Waals surface area contributed by atoms with Crippen LogP contribution < -0.4 is 4.74 Å². The zero-order chi connectivity index (χ0) is 27.8. The Morgan fingerprint density at radius 1 is 1.12 bits per heavy atom. The molecule has 0 unspecified atom stereocenters. The van der Waals surface area contributed by atoms with Crippen LogP contribution in [0, 0.1) is 11.6 Å². The smallest absolute Gasteiger partial charge is 0.335 e.